The Kier molecular flexibility index (Phi) is 8.21. The van der Waals surface area contributed by atoms with Gasteiger partial charge in [0.2, 0.25) is 11.6 Å². The molecule has 0 spiro atoms. The Balaban J connectivity index is 0.000000193. The van der Waals surface area contributed by atoms with E-state index in [1.807, 2.05) is 12.1 Å². The standard InChI is InChI=1S/C16H12N2O3.C16H14N2O3/c1-9-14(18(2)12-7-13(19)21-16(9)12)15(20)11-5-3-10(8-17)4-6-11;1-10-7-13(8-14(19)20)18(2)15(10)16(21)12-5-3-11(9-17)4-6-12/h3-6H,7H2,1-2H3;3-7H,8H2,1-2H3,(H,19,20). The third-order valence-corrected chi connectivity index (χ3v) is 7.06. The minimum atomic E-state index is -0.937. The van der Waals surface area contributed by atoms with Crippen LogP contribution in [0.15, 0.2) is 54.6 Å². The van der Waals surface area contributed by atoms with Crippen molar-refractivity contribution >= 4 is 23.5 Å². The van der Waals surface area contributed by atoms with Crippen molar-refractivity contribution in [2.45, 2.75) is 26.7 Å². The molecule has 0 bridgehead atoms. The number of ether oxygens (including phenoxy) is 1. The van der Waals surface area contributed by atoms with E-state index in [4.69, 9.17) is 20.4 Å². The van der Waals surface area contributed by atoms with Crippen LogP contribution in [-0.4, -0.2) is 37.7 Å². The van der Waals surface area contributed by atoms with Gasteiger partial charge in [0.25, 0.3) is 0 Å². The first kappa shape index (κ1) is 29.2. The molecule has 3 heterocycles. The fraction of sp³-hybridized carbons (Fsp3) is 0.188. The average Bonchev–Trinajstić information content (AvgIpc) is 3.57. The van der Waals surface area contributed by atoms with Gasteiger partial charge in [0.1, 0.15) is 0 Å². The summed E-state index contributed by atoms with van der Waals surface area (Å²) in [7, 11) is 3.44. The van der Waals surface area contributed by atoms with Crippen molar-refractivity contribution in [2.24, 2.45) is 14.1 Å². The summed E-state index contributed by atoms with van der Waals surface area (Å²) in [6.07, 6.45) is 0.0608. The number of carboxylic acid groups (broad SMARTS) is 1. The lowest BCUT2D eigenvalue weighted by molar-refractivity contribution is -0.136. The number of ketones is 2. The molecule has 0 atom stereocenters. The lowest BCUT2D eigenvalue weighted by Gasteiger charge is -2.07. The molecule has 210 valence electrons. The van der Waals surface area contributed by atoms with Gasteiger partial charge in [0, 0.05) is 36.5 Å². The number of nitriles is 2. The predicted molar refractivity (Wildman–Crippen MR) is 150 cm³/mol. The topological polar surface area (TPSA) is 155 Å². The number of rotatable bonds is 6. The number of fused-ring (bicyclic) bond motifs is 1. The van der Waals surface area contributed by atoms with Gasteiger partial charge in [0.15, 0.2) is 5.75 Å². The number of carboxylic acids is 1. The number of aliphatic carboxylic acids is 1. The van der Waals surface area contributed by atoms with E-state index in [0.29, 0.717) is 50.6 Å². The van der Waals surface area contributed by atoms with Crippen molar-refractivity contribution in [1.29, 1.82) is 10.5 Å². The molecule has 0 aliphatic carbocycles. The third kappa shape index (κ3) is 5.60. The van der Waals surface area contributed by atoms with Crippen LogP contribution in [0.3, 0.4) is 0 Å². The van der Waals surface area contributed by atoms with Gasteiger partial charge in [-0.15, -0.1) is 0 Å². The lowest BCUT2D eigenvalue weighted by Crippen LogP contribution is -2.13. The molecular weight excluding hydrogens is 536 g/mol. The van der Waals surface area contributed by atoms with E-state index in [9.17, 15) is 19.2 Å². The molecule has 1 N–H and O–H groups in total. The summed E-state index contributed by atoms with van der Waals surface area (Å²) in [5.41, 5.74) is 5.67. The summed E-state index contributed by atoms with van der Waals surface area (Å²) >= 11 is 0. The SMILES string of the molecule is Cc1c2c(n(C)c1C(=O)c1ccc(C#N)cc1)CC(=O)O2.Cc1cc(CC(=O)O)n(C)c1C(=O)c1ccc(C#N)cc1. The number of hydrogen-bond donors (Lipinski definition) is 1. The van der Waals surface area contributed by atoms with E-state index in [2.05, 4.69) is 0 Å². The van der Waals surface area contributed by atoms with Crippen molar-refractivity contribution in [3.8, 4) is 17.9 Å². The summed E-state index contributed by atoms with van der Waals surface area (Å²) in [6, 6.07) is 18.6. The highest BCUT2D eigenvalue weighted by Crippen LogP contribution is 2.35. The molecule has 0 unspecified atom stereocenters. The maximum atomic E-state index is 12.6. The fourth-order valence-electron chi connectivity index (χ4n) is 4.95. The van der Waals surface area contributed by atoms with E-state index < -0.39 is 5.97 Å². The smallest absolute Gasteiger partial charge is 0.317 e. The highest BCUT2D eigenvalue weighted by molar-refractivity contribution is 6.10. The van der Waals surface area contributed by atoms with Crippen LogP contribution < -0.4 is 4.74 Å². The van der Waals surface area contributed by atoms with E-state index >= 15 is 0 Å². The zero-order valence-corrected chi connectivity index (χ0v) is 23.4. The Bertz CT molecular complexity index is 1800. The number of aromatic nitrogens is 2. The van der Waals surface area contributed by atoms with E-state index in [1.54, 1.807) is 91.7 Å². The Morgan fingerprint density at radius 3 is 1.81 bits per heavy atom. The molecule has 42 heavy (non-hydrogen) atoms. The molecule has 2 aromatic carbocycles. The summed E-state index contributed by atoms with van der Waals surface area (Å²) in [6.45, 7) is 3.55. The minimum absolute atomic E-state index is 0.127. The third-order valence-electron chi connectivity index (χ3n) is 7.06. The first-order valence-corrected chi connectivity index (χ1v) is 12.8. The molecule has 1 aliphatic rings. The van der Waals surface area contributed by atoms with Crippen LogP contribution in [0.25, 0.3) is 0 Å². The number of esters is 1. The Labute approximate surface area is 241 Å². The first-order valence-electron chi connectivity index (χ1n) is 12.8. The number of benzene rings is 2. The van der Waals surface area contributed by atoms with Crippen LogP contribution >= 0.6 is 0 Å². The molecule has 0 fully saturated rings. The van der Waals surface area contributed by atoms with Gasteiger partial charge in [-0.2, -0.15) is 10.5 Å². The lowest BCUT2D eigenvalue weighted by atomic mass is 10.0. The molecule has 0 radical (unpaired) electrons. The van der Waals surface area contributed by atoms with Crippen LogP contribution in [0.5, 0.6) is 5.75 Å². The maximum Gasteiger partial charge on any atom is 0.317 e. The zero-order valence-electron chi connectivity index (χ0n) is 23.4. The fourth-order valence-corrected chi connectivity index (χ4v) is 4.95. The second-order valence-corrected chi connectivity index (χ2v) is 9.79. The quantitative estimate of drug-likeness (QED) is 0.273. The number of carbonyl (C=O) groups is 4. The van der Waals surface area contributed by atoms with Gasteiger partial charge < -0.3 is 19.0 Å². The van der Waals surface area contributed by atoms with Gasteiger partial charge in [-0.1, -0.05) is 0 Å². The van der Waals surface area contributed by atoms with Crippen molar-refractivity contribution < 1.29 is 29.0 Å². The van der Waals surface area contributed by atoms with Crippen molar-refractivity contribution in [3.05, 3.63) is 111 Å². The van der Waals surface area contributed by atoms with Crippen LogP contribution in [0.4, 0.5) is 0 Å². The molecule has 0 saturated heterocycles. The normalized spacial score (nSPS) is 11.4. The Morgan fingerprint density at radius 2 is 1.36 bits per heavy atom. The zero-order chi connectivity index (χ0) is 30.7. The Hall–Kier alpha value is -5.74. The van der Waals surface area contributed by atoms with Gasteiger partial charge >= 0.3 is 11.9 Å². The number of hydrogen-bond acceptors (Lipinski definition) is 7. The average molecular weight is 563 g/mol. The second-order valence-electron chi connectivity index (χ2n) is 9.79. The molecule has 2 aromatic heterocycles. The summed E-state index contributed by atoms with van der Waals surface area (Å²) in [5, 5.41) is 26.4. The summed E-state index contributed by atoms with van der Waals surface area (Å²) in [5.74, 6) is -1.07. The van der Waals surface area contributed by atoms with Crippen LogP contribution in [-0.2, 0) is 36.5 Å². The maximum absolute atomic E-state index is 12.6. The van der Waals surface area contributed by atoms with Gasteiger partial charge in [-0.25, -0.2) is 0 Å². The van der Waals surface area contributed by atoms with Gasteiger partial charge in [0.05, 0.1) is 53.2 Å². The van der Waals surface area contributed by atoms with Crippen LogP contribution in [0.2, 0.25) is 0 Å². The van der Waals surface area contributed by atoms with Crippen LogP contribution in [0, 0.1) is 36.5 Å². The summed E-state index contributed by atoms with van der Waals surface area (Å²) in [4.78, 5) is 47.3. The van der Waals surface area contributed by atoms with E-state index in [1.165, 1.54) is 0 Å². The largest absolute Gasteiger partial charge is 0.481 e. The van der Waals surface area contributed by atoms with Crippen molar-refractivity contribution in [2.75, 3.05) is 0 Å². The van der Waals surface area contributed by atoms with Crippen molar-refractivity contribution in [3.63, 3.8) is 0 Å². The summed E-state index contributed by atoms with van der Waals surface area (Å²) < 4.78 is 8.50. The van der Waals surface area contributed by atoms with E-state index in [-0.39, 0.29) is 30.4 Å². The minimum Gasteiger partial charge on any atom is -0.481 e. The Morgan fingerprint density at radius 1 is 0.857 bits per heavy atom. The molecule has 10 nitrogen and oxygen atoms in total. The molecular formula is C32H26N4O6. The van der Waals surface area contributed by atoms with E-state index in [0.717, 1.165) is 11.3 Å². The van der Waals surface area contributed by atoms with Crippen molar-refractivity contribution in [1.82, 2.24) is 9.13 Å². The number of aryl methyl sites for hydroxylation is 1. The van der Waals surface area contributed by atoms with Crippen LogP contribution in [0.1, 0.15) is 65.7 Å². The molecule has 0 saturated carbocycles. The highest BCUT2D eigenvalue weighted by Gasteiger charge is 2.32. The molecule has 1 aliphatic heterocycles. The predicted octanol–water partition coefficient (Wildman–Crippen LogP) is 3.96. The molecule has 5 rings (SSSR count). The molecule has 4 aromatic rings. The second kappa shape index (κ2) is 11.8. The highest BCUT2D eigenvalue weighted by atomic mass is 16.5. The van der Waals surface area contributed by atoms with Gasteiger partial charge in [-0.3, -0.25) is 19.2 Å². The molecule has 0 amide bonds. The number of nitrogens with zero attached hydrogens (tertiary/aromatic N) is 4. The first-order chi connectivity index (χ1) is 20.0. The number of carbonyl (C=O) groups excluding carboxylic acids is 3. The van der Waals surface area contributed by atoms with Gasteiger partial charge in [-0.05, 0) is 74.0 Å². The molecule has 10 heteroatoms. The monoisotopic (exact) mass is 562 g/mol.